The molecule has 0 spiro atoms. The number of hydrogen-bond donors (Lipinski definition) is 2. The van der Waals surface area contributed by atoms with E-state index in [-0.39, 0.29) is 12.3 Å². The highest BCUT2D eigenvalue weighted by atomic mass is 19.1. The van der Waals surface area contributed by atoms with Gasteiger partial charge >= 0.3 is 0 Å². The summed E-state index contributed by atoms with van der Waals surface area (Å²) in [6, 6.07) is 17.9. The number of benzene rings is 3. The predicted octanol–water partition coefficient (Wildman–Crippen LogP) is 3.90. The van der Waals surface area contributed by atoms with Crippen molar-refractivity contribution in [2.45, 2.75) is 12.5 Å². The lowest BCUT2D eigenvalue weighted by Gasteiger charge is -2.13. The number of hydrogen-bond acceptors (Lipinski definition) is 3. The van der Waals surface area contributed by atoms with Crippen molar-refractivity contribution in [2.75, 3.05) is 0 Å². The molecule has 0 bridgehead atoms. The largest absolute Gasteiger partial charge is 0.336 e. The van der Waals surface area contributed by atoms with Gasteiger partial charge in [-0.25, -0.2) is 4.39 Å². The Bertz CT molecular complexity index is 1010. The fourth-order valence-electron chi connectivity index (χ4n) is 2.90. The molecule has 4 nitrogen and oxygen atoms in total. The Hall–Kier alpha value is -3.52. The molecule has 3 aromatic rings. The molecule has 1 unspecified atom stereocenters. The molecule has 5 heteroatoms. The van der Waals surface area contributed by atoms with Crippen LogP contribution >= 0.6 is 0 Å². The van der Waals surface area contributed by atoms with Gasteiger partial charge in [-0.3, -0.25) is 4.79 Å². The van der Waals surface area contributed by atoms with Gasteiger partial charge in [0.1, 0.15) is 11.9 Å². The Morgan fingerprint density at radius 3 is 2.46 bits per heavy atom. The van der Waals surface area contributed by atoms with Gasteiger partial charge in [0.05, 0.1) is 12.5 Å². The van der Waals surface area contributed by atoms with E-state index in [2.05, 4.69) is 5.32 Å². The maximum atomic E-state index is 13.0. The molecule has 0 heterocycles. The summed E-state index contributed by atoms with van der Waals surface area (Å²) in [6.07, 6.45) is 1.39. The van der Waals surface area contributed by atoms with Crippen LogP contribution in [0.2, 0.25) is 0 Å². The summed E-state index contributed by atoms with van der Waals surface area (Å²) in [7, 11) is 0. The molecule has 0 aromatic heterocycles. The fraction of sp³-hybridized carbons (Fsp3) is 0.0952. The Kier molecular flexibility index (Phi) is 5.04. The molecule has 3 rings (SSSR count). The van der Waals surface area contributed by atoms with Crippen LogP contribution in [0.25, 0.3) is 10.8 Å². The van der Waals surface area contributed by atoms with Gasteiger partial charge in [0.2, 0.25) is 5.91 Å². The molecular weight excluding hydrogens is 329 g/mol. The van der Waals surface area contributed by atoms with E-state index in [1.165, 1.54) is 30.5 Å². The molecule has 26 heavy (non-hydrogen) atoms. The van der Waals surface area contributed by atoms with Crippen molar-refractivity contribution in [3.8, 4) is 6.07 Å². The highest BCUT2D eigenvalue weighted by molar-refractivity contribution is 6.01. The molecular formula is C21H16FN3O. The Morgan fingerprint density at radius 2 is 1.81 bits per heavy atom. The zero-order valence-electron chi connectivity index (χ0n) is 13.9. The Morgan fingerprint density at radius 1 is 1.12 bits per heavy atom. The minimum absolute atomic E-state index is 0.109. The van der Waals surface area contributed by atoms with Gasteiger partial charge in [0.25, 0.3) is 0 Å². The monoisotopic (exact) mass is 345 g/mol. The lowest BCUT2D eigenvalue weighted by Crippen LogP contribution is -2.29. The minimum atomic E-state index is -0.838. The zero-order valence-corrected chi connectivity index (χ0v) is 13.9. The predicted molar refractivity (Wildman–Crippen MR) is 98.4 cm³/mol. The summed E-state index contributed by atoms with van der Waals surface area (Å²) in [6.45, 7) is 0. The van der Waals surface area contributed by atoms with Gasteiger partial charge in [-0.1, -0.05) is 48.5 Å². The minimum Gasteiger partial charge on any atom is -0.336 e. The molecule has 3 aromatic carbocycles. The first kappa shape index (κ1) is 17.3. The Balaban J connectivity index is 1.82. The van der Waals surface area contributed by atoms with Crippen molar-refractivity contribution in [3.63, 3.8) is 0 Å². The van der Waals surface area contributed by atoms with Gasteiger partial charge < -0.3 is 10.7 Å². The molecule has 128 valence electrons. The maximum absolute atomic E-state index is 13.0. The van der Waals surface area contributed by atoms with Gasteiger partial charge in [0, 0.05) is 6.21 Å². The van der Waals surface area contributed by atoms with Crippen LogP contribution in [0.1, 0.15) is 22.7 Å². The highest BCUT2D eigenvalue weighted by Gasteiger charge is 2.15. The molecule has 0 radical (unpaired) electrons. The quantitative estimate of drug-likeness (QED) is 0.688. The smallest absolute Gasteiger partial charge is 0.225 e. The second-order valence-electron chi connectivity index (χ2n) is 5.86. The van der Waals surface area contributed by atoms with Gasteiger partial charge in [-0.05, 0) is 39.6 Å². The molecule has 0 saturated heterocycles. The van der Waals surface area contributed by atoms with E-state index >= 15 is 0 Å². The summed E-state index contributed by atoms with van der Waals surface area (Å²) in [5.74, 6) is -0.692. The first-order valence-corrected chi connectivity index (χ1v) is 8.08. The zero-order chi connectivity index (χ0) is 18.5. The standard InChI is InChI=1S/C21H16FN3O/c22-17-9-7-14(8-10-17)20(13-24)25-21(26)11-15-5-6-16(12-23)19-4-2-1-3-18(15)19/h1-10,12,20,23H,11H2,(H,25,26). The van der Waals surface area contributed by atoms with E-state index in [4.69, 9.17) is 5.41 Å². The summed E-state index contributed by atoms with van der Waals surface area (Å²) in [5.41, 5.74) is 2.14. The summed E-state index contributed by atoms with van der Waals surface area (Å²) >= 11 is 0. The molecule has 1 amide bonds. The number of carbonyl (C=O) groups is 1. The number of nitrogens with zero attached hydrogens (tertiary/aromatic N) is 1. The van der Waals surface area contributed by atoms with Crippen LogP contribution < -0.4 is 5.32 Å². The number of rotatable bonds is 5. The van der Waals surface area contributed by atoms with Crippen molar-refractivity contribution in [1.29, 1.82) is 10.7 Å². The van der Waals surface area contributed by atoms with E-state index in [0.29, 0.717) is 5.56 Å². The maximum Gasteiger partial charge on any atom is 0.225 e. The fourth-order valence-corrected chi connectivity index (χ4v) is 2.90. The number of amides is 1. The number of nitrogens with one attached hydrogen (secondary N) is 2. The van der Waals surface area contributed by atoms with Gasteiger partial charge in [-0.15, -0.1) is 0 Å². The lowest BCUT2D eigenvalue weighted by molar-refractivity contribution is -0.120. The van der Waals surface area contributed by atoms with Crippen LogP contribution in [0, 0.1) is 22.6 Å². The van der Waals surface area contributed by atoms with E-state index in [1.54, 1.807) is 6.07 Å². The highest BCUT2D eigenvalue weighted by Crippen LogP contribution is 2.23. The first-order chi connectivity index (χ1) is 12.6. The van der Waals surface area contributed by atoms with Crippen molar-refractivity contribution in [3.05, 3.63) is 83.2 Å². The molecule has 0 aliphatic heterocycles. The van der Waals surface area contributed by atoms with Gasteiger partial charge in [-0.2, -0.15) is 5.26 Å². The van der Waals surface area contributed by atoms with E-state index < -0.39 is 11.9 Å². The van der Waals surface area contributed by atoms with Crippen molar-refractivity contribution < 1.29 is 9.18 Å². The molecule has 0 fully saturated rings. The van der Waals surface area contributed by atoms with Crippen LogP contribution in [-0.4, -0.2) is 12.1 Å². The van der Waals surface area contributed by atoms with Crippen LogP contribution in [0.4, 0.5) is 4.39 Å². The third-order valence-corrected chi connectivity index (χ3v) is 4.19. The number of fused-ring (bicyclic) bond motifs is 1. The number of carbonyl (C=O) groups excluding carboxylic acids is 1. The van der Waals surface area contributed by atoms with E-state index in [1.807, 2.05) is 36.4 Å². The summed E-state index contributed by atoms with van der Waals surface area (Å²) in [5, 5.41) is 21.3. The molecule has 1 atom stereocenters. The van der Waals surface area contributed by atoms with E-state index in [9.17, 15) is 14.4 Å². The van der Waals surface area contributed by atoms with Crippen molar-refractivity contribution in [2.24, 2.45) is 0 Å². The van der Waals surface area contributed by atoms with Crippen LogP contribution in [0.3, 0.4) is 0 Å². The normalized spacial score (nSPS) is 11.5. The van der Waals surface area contributed by atoms with Crippen molar-refractivity contribution in [1.82, 2.24) is 5.32 Å². The average Bonchev–Trinajstić information content (AvgIpc) is 2.67. The second kappa shape index (κ2) is 7.58. The van der Waals surface area contributed by atoms with Crippen molar-refractivity contribution >= 4 is 22.9 Å². The third-order valence-electron chi connectivity index (χ3n) is 4.19. The molecule has 0 saturated carbocycles. The topological polar surface area (TPSA) is 76.7 Å². The SMILES string of the molecule is N#CC(NC(=O)Cc1ccc(C=N)c2ccccc12)c1ccc(F)cc1. The Labute approximate surface area is 150 Å². The average molecular weight is 345 g/mol. The van der Waals surface area contributed by atoms with Crippen LogP contribution in [0.15, 0.2) is 60.7 Å². The summed E-state index contributed by atoms with van der Waals surface area (Å²) in [4.78, 5) is 12.4. The molecule has 2 N–H and O–H groups in total. The second-order valence-corrected chi connectivity index (χ2v) is 5.86. The first-order valence-electron chi connectivity index (χ1n) is 8.08. The third kappa shape index (κ3) is 3.60. The van der Waals surface area contributed by atoms with E-state index in [0.717, 1.165) is 21.9 Å². The number of nitriles is 1. The van der Waals surface area contributed by atoms with Crippen LogP contribution in [0.5, 0.6) is 0 Å². The number of halogens is 1. The molecule has 0 aliphatic rings. The lowest BCUT2D eigenvalue weighted by atomic mass is 9.98. The van der Waals surface area contributed by atoms with Crippen LogP contribution in [-0.2, 0) is 11.2 Å². The van der Waals surface area contributed by atoms with Gasteiger partial charge in [0.15, 0.2) is 0 Å². The molecule has 0 aliphatic carbocycles. The summed E-state index contributed by atoms with van der Waals surface area (Å²) < 4.78 is 13.0.